The van der Waals surface area contributed by atoms with Crippen molar-refractivity contribution in [1.29, 1.82) is 0 Å². The summed E-state index contributed by atoms with van der Waals surface area (Å²) in [6.07, 6.45) is 3.10. The van der Waals surface area contributed by atoms with Crippen LogP contribution in [-0.2, 0) is 0 Å². The van der Waals surface area contributed by atoms with Gasteiger partial charge < -0.3 is 17.7 Å². The molecular formula is C15H15BF3KO. The van der Waals surface area contributed by atoms with E-state index in [0.717, 1.165) is 6.42 Å². The van der Waals surface area contributed by atoms with Crippen LogP contribution in [0.5, 0.6) is 5.75 Å². The normalized spacial score (nSPS) is 11.0. The Morgan fingerprint density at radius 1 is 1.10 bits per heavy atom. The molecule has 2 aromatic carbocycles. The number of rotatable bonds is 6. The summed E-state index contributed by atoms with van der Waals surface area (Å²) in [6, 6.07) is 9.54. The second kappa shape index (κ2) is 8.39. The number of unbranched alkanes of at least 4 members (excludes halogenated alkanes) is 1. The van der Waals surface area contributed by atoms with Gasteiger partial charge in [0.25, 0.3) is 0 Å². The van der Waals surface area contributed by atoms with E-state index < -0.39 is 12.4 Å². The van der Waals surface area contributed by atoms with Crippen LogP contribution in [0, 0.1) is 0 Å². The fraction of sp³-hybridized carbons (Fsp3) is 0.200. The molecule has 0 fully saturated rings. The molecular weight excluding hydrogens is 303 g/mol. The van der Waals surface area contributed by atoms with Crippen LogP contribution in [-0.4, -0.2) is 13.6 Å². The second-order valence-electron chi connectivity index (χ2n) is 4.55. The van der Waals surface area contributed by atoms with E-state index >= 15 is 0 Å². The minimum Gasteiger partial charge on any atom is -0.497 e. The molecule has 2 rings (SSSR count). The van der Waals surface area contributed by atoms with Gasteiger partial charge in [0.15, 0.2) is 0 Å². The maximum Gasteiger partial charge on any atom is 1.00 e. The zero-order chi connectivity index (χ0) is 14.6. The number of benzene rings is 2. The van der Waals surface area contributed by atoms with Crippen LogP contribution < -0.4 is 61.6 Å². The topological polar surface area (TPSA) is 9.23 Å². The smallest absolute Gasteiger partial charge is 0.497 e. The Labute approximate surface area is 165 Å². The third kappa shape index (κ3) is 4.86. The number of fused-ring (bicyclic) bond motifs is 1. The standard InChI is InChI=1S/C15H15BF3O.K/c1-2-3-6-11-20-14-10-9-12-7-4-5-8-13(12)15(14)16(17,18)19;/h2,4-5,7-10H,1,3,6,11H2;/q-1;+1. The summed E-state index contributed by atoms with van der Waals surface area (Å²) in [5.41, 5.74) is -0.637. The summed E-state index contributed by atoms with van der Waals surface area (Å²) in [5.74, 6) is -0.0831. The van der Waals surface area contributed by atoms with Gasteiger partial charge in [0.1, 0.15) is 0 Å². The Morgan fingerprint density at radius 2 is 1.81 bits per heavy atom. The van der Waals surface area contributed by atoms with Gasteiger partial charge >= 0.3 is 58.4 Å². The first-order valence-electron chi connectivity index (χ1n) is 6.49. The van der Waals surface area contributed by atoms with Crippen LogP contribution >= 0.6 is 0 Å². The molecule has 0 aromatic heterocycles. The van der Waals surface area contributed by atoms with Gasteiger partial charge in [-0.25, -0.2) is 0 Å². The van der Waals surface area contributed by atoms with Crippen molar-refractivity contribution < 1.29 is 69.1 Å². The van der Waals surface area contributed by atoms with E-state index in [9.17, 15) is 12.9 Å². The van der Waals surface area contributed by atoms with E-state index in [1.807, 2.05) is 0 Å². The molecule has 0 amide bonds. The molecule has 0 N–H and O–H groups in total. The van der Waals surface area contributed by atoms with Crippen LogP contribution in [0.2, 0.25) is 0 Å². The van der Waals surface area contributed by atoms with Crippen molar-refractivity contribution in [2.24, 2.45) is 0 Å². The molecule has 21 heavy (non-hydrogen) atoms. The third-order valence-corrected chi connectivity index (χ3v) is 3.07. The van der Waals surface area contributed by atoms with Gasteiger partial charge in [0.2, 0.25) is 0 Å². The number of hydrogen-bond donors (Lipinski definition) is 0. The first kappa shape index (κ1) is 18.8. The first-order valence-corrected chi connectivity index (χ1v) is 6.49. The summed E-state index contributed by atoms with van der Waals surface area (Å²) in [7, 11) is 0. The van der Waals surface area contributed by atoms with Crippen molar-refractivity contribution in [1.82, 2.24) is 0 Å². The van der Waals surface area contributed by atoms with Crippen molar-refractivity contribution in [3.8, 4) is 5.75 Å². The van der Waals surface area contributed by atoms with E-state index in [2.05, 4.69) is 6.58 Å². The van der Waals surface area contributed by atoms with Gasteiger partial charge in [-0.15, -0.1) is 6.58 Å². The molecule has 0 aliphatic carbocycles. The van der Waals surface area contributed by atoms with Crippen molar-refractivity contribution in [3.63, 3.8) is 0 Å². The summed E-state index contributed by atoms with van der Waals surface area (Å²) < 4.78 is 45.3. The Morgan fingerprint density at radius 3 is 2.48 bits per heavy atom. The van der Waals surface area contributed by atoms with Crippen LogP contribution in [0.25, 0.3) is 10.8 Å². The summed E-state index contributed by atoms with van der Waals surface area (Å²) in [5, 5.41) is 0.765. The van der Waals surface area contributed by atoms with E-state index in [4.69, 9.17) is 4.74 Å². The van der Waals surface area contributed by atoms with Gasteiger partial charge in [0.05, 0.1) is 12.4 Å². The van der Waals surface area contributed by atoms with Gasteiger partial charge in [-0.3, -0.25) is 0 Å². The van der Waals surface area contributed by atoms with E-state index in [1.54, 1.807) is 30.3 Å². The second-order valence-corrected chi connectivity index (χ2v) is 4.55. The predicted octanol–water partition coefficient (Wildman–Crippen LogP) is 1.24. The van der Waals surface area contributed by atoms with E-state index in [-0.39, 0.29) is 69.1 Å². The largest absolute Gasteiger partial charge is 1.00 e. The minimum atomic E-state index is -5.12. The first-order chi connectivity index (χ1) is 9.54. The van der Waals surface area contributed by atoms with Crippen LogP contribution in [0.15, 0.2) is 49.1 Å². The Bertz CT molecular complexity index is 613. The Kier molecular flexibility index (Phi) is 7.50. The maximum atomic E-state index is 13.3. The molecule has 0 heterocycles. The Hall–Kier alpha value is -0.269. The fourth-order valence-corrected chi connectivity index (χ4v) is 2.15. The molecule has 0 spiro atoms. The fourth-order valence-electron chi connectivity index (χ4n) is 2.15. The molecule has 0 aliphatic rings. The molecule has 0 bridgehead atoms. The van der Waals surface area contributed by atoms with E-state index in [1.165, 1.54) is 12.1 Å². The molecule has 0 unspecified atom stereocenters. The monoisotopic (exact) mass is 318 g/mol. The molecule has 1 nitrogen and oxygen atoms in total. The Balaban J connectivity index is 0.00000220. The van der Waals surface area contributed by atoms with Crippen molar-refractivity contribution >= 4 is 23.2 Å². The van der Waals surface area contributed by atoms with Crippen molar-refractivity contribution in [2.75, 3.05) is 6.61 Å². The number of hydrogen-bond acceptors (Lipinski definition) is 1. The molecule has 106 valence electrons. The minimum absolute atomic E-state index is 0. The number of halogens is 3. The maximum absolute atomic E-state index is 13.3. The molecule has 0 aliphatic heterocycles. The van der Waals surface area contributed by atoms with Crippen molar-refractivity contribution in [2.45, 2.75) is 12.8 Å². The summed E-state index contributed by atoms with van der Waals surface area (Å²) >= 11 is 0. The van der Waals surface area contributed by atoms with Crippen LogP contribution in [0.3, 0.4) is 0 Å². The van der Waals surface area contributed by atoms with Gasteiger partial charge in [-0.05, 0) is 29.7 Å². The molecule has 0 saturated carbocycles. The summed E-state index contributed by atoms with van der Waals surface area (Å²) in [6.45, 7) is -1.30. The molecule has 0 atom stereocenters. The molecule has 0 saturated heterocycles. The molecule has 2 aromatic rings. The molecule has 0 radical (unpaired) electrons. The quantitative estimate of drug-likeness (QED) is 0.442. The van der Waals surface area contributed by atoms with E-state index in [0.29, 0.717) is 11.8 Å². The zero-order valence-corrected chi connectivity index (χ0v) is 15.1. The van der Waals surface area contributed by atoms with Crippen LogP contribution in [0.1, 0.15) is 12.8 Å². The average Bonchev–Trinajstić information content (AvgIpc) is 2.41. The van der Waals surface area contributed by atoms with Gasteiger partial charge in [0, 0.05) is 0 Å². The van der Waals surface area contributed by atoms with Gasteiger partial charge in [-0.2, -0.15) is 0 Å². The van der Waals surface area contributed by atoms with Crippen molar-refractivity contribution in [3.05, 3.63) is 49.1 Å². The predicted molar refractivity (Wildman–Crippen MR) is 77.6 cm³/mol. The summed E-state index contributed by atoms with van der Waals surface area (Å²) in [4.78, 5) is 0. The van der Waals surface area contributed by atoms with Gasteiger partial charge in [-0.1, -0.05) is 41.9 Å². The average molecular weight is 318 g/mol. The SMILES string of the molecule is C=CCCCOc1ccc2ccccc2c1[B-](F)(F)F.[K+]. The number of allylic oxidation sites excluding steroid dienone is 1. The zero-order valence-electron chi connectivity index (χ0n) is 12.0. The van der Waals surface area contributed by atoms with Crippen LogP contribution in [0.4, 0.5) is 12.9 Å². The molecule has 6 heteroatoms. The number of ether oxygens (including phenoxy) is 1. The third-order valence-electron chi connectivity index (χ3n) is 3.07.